The molecule has 21 heavy (non-hydrogen) atoms. The molecule has 2 aliphatic rings. The molecule has 5 rings (SSSR count). The van der Waals surface area contributed by atoms with Crippen LogP contribution in [-0.2, 0) is 11.0 Å². The number of thiophene rings is 1. The number of aromatic nitrogens is 1. The highest BCUT2D eigenvalue weighted by atomic mass is 32.1. The molecule has 0 radical (unpaired) electrons. The Morgan fingerprint density at radius 1 is 1.00 bits per heavy atom. The Morgan fingerprint density at radius 3 is 2.62 bits per heavy atom. The van der Waals surface area contributed by atoms with Crippen LogP contribution >= 0.6 is 11.3 Å². The number of nitrogens with zero attached hydrogens (tertiary/aromatic N) is 1. The maximum Gasteiger partial charge on any atom is 0.223 e. The highest BCUT2D eigenvalue weighted by Gasteiger charge is 2.65. The first-order valence-electron chi connectivity index (χ1n) is 7.69. The van der Waals surface area contributed by atoms with Gasteiger partial charge in [0.25, 0.3) is 0 Å². The van der Waals surface area contributed by atoms with Crippen LogP contribution in [0.25, 0.3) is 20.7 Å². The zero-order valence-corrected chi connectivity index (χ0v) is 13.2. The minimum Gasteiger partial charge on any atom is -0.192 e. The van der Waals surface area contributed by atoms with E-state index in [0.29, 0.717) is 0 Å². The fourth-order valence-corrected chi connectivity index (χ4v) is 5.83. The van der Waals surface area contributed by atoms with E-state index in [-0.39, 0.29) is 11.0 Å². The second-order valence-corrected chi connectivity index (χ2v) is 7.92. The van der Waals surface area contributed by atoms with Crippen molar-refractivity contribution >= 4 is 21.4 Å². The summed E-state index contributed by atoms with van der Waals surface area (Å²) in [6, 6.07) is 15.6. The summed E-state index contributed by atoms with van der Waals surface area (Å²) < 4.78 is 3.96. The summed E-state index contributed by atoms with van der Waals surface area (Å²) in [5.74, 6) is 0. The monoisotopic (exact) mass is 292 g/mol. The van der Waals surface area contributed by atoms with Gasteiger partial charge < -0.3 is 0 Å². The van der Waals surface area contributed by atoms with Crippen LogP contribution in [0.2, 0.25) is 0 Å². The number of pyridine rings is 1. The third kappa shape index (κ3) is 1.18. The molecule has 1 saturated carbocycles. The van der Waals surface area contributed by atoms with Gasteiger partial charge in [-0.1, -0.05) is 18.2 Å². The zero-order valence-electron chi connectivity index (χ0n) is 12.4. The minimum absolute atomic E-state index is 0.223. The third-order valence-corrected chi connectivity index (χ3v) is 7.27. The average Bonchev–Trinajstić information content (AvgIpc) is 2.91. The van der Waals surface area contributed by atoms with Crippen LogP contribution in [0.15, 0.2) is 48.7 Å². The molecular weight excluding hydrogens is 274 g/mol. The number of fused-ring (bicyclic) bond motifs is 8. The highest BCUT2D eigenvalue weighted by molar-refractivity contribution is 7.22. The predicted octanol–water partition coefficient (Wildman–Crippen LogP) is 4.64. The van der Waals surface area contributed by atoms with Crippen molar-refractivity contribution in [2.75, 3.05) is 0 Å². The Morgan fingerprint density at radius 2 is 1.81 bits per heavy atom. The van der Waals surface area contributed by atoms with Gasteiger partial charge in [0.2, 0.25) is 5.69 Å². The zero-order chi connectivity index (χ0) is 14.2. The van der Waals surface area contributed by atoms with E-state index in [2.05, 4.69) is 67.1 Å². The summed E-state index contributed by atoms with van der Waals surface area (Å²) in [7, 11) is 0. The Kier molecular flexibility index (Phi) is 2.02. The van der Waals surface area contributed by atoms with Gasteiger partial charge >= 0.3 is 0 Å². The van der Waals surface area contributed by atoms with E-state index in [9.17, 15) is 0 Å². The van der Waals surface area contributed by atoms with Crippen molar-refractivity contribution in [2.24, 2.45) is 0 Å². The van der Waals surface area contributed by atoms with Gasteiger partial charge in [-0.05, 0) is 36.4 Å². The number of benzene rings is 1. The minimum atomic E-state index is 0.223. The van der Waals surface area contributed by atoms with Crippen molar-refractivity contribution in [1.82, 2.24) is 0 Å². The van der Waals surface area contributed by atoms with Crippen LogP contribution in [0.4, 0.5) is 0 Å². The van der Waals surface area contributed by atoms with E-state index in [1.54, 1.807) is 5.56 Å². The van der Waals surface area contributed by atoms with Gasteiger partial charge in [0, 0.05) is 30.2 Å². The molecule has 1 aliphatic carbocycles. The number of hydrogen-bond donors (Lipinski definition) is 0. The molecular formula is C19H18NS+. The molecule has 2 aromatic heterocycles. The van der Waals surface area contributed by atoms with Gasteiger partial charge in [0.1, 0.15) is 4.88 Å². The van der Waals surface area contributed by atoms with Gasteiger partial charge in [0.15, 0.2) is 11.7 Å². The molecule has 3 aromatic rings. The van der Waals surface area contributed by atoms with E-state index in [1.165, 1.54) is 33.5 Å². The molecule has 1 aliphatic heterocycles. The molecule has 1 nitrogen and oxygen atoms in total. The lowest BCUT2D eigenvalue weighted by Crippen LogP contribution is -2.73. The molecule has 2 heteroatoms. The Hall–Kier alpha value is -1.67. The lowest BCUT2D eigenvalue weighted by molar-refractivity contribution is -0.777. The Bertz CT molecular complexity index is 893. The van der Waals surface area contributed by atoms with Crippen molar-refractivity contribution in [3.8, 4) is 10.6 Å². The molecule has 3 heterocycles. The fraction of sp³-hybridized carbons (Fsp3) is 0.316. The first-order valence-corrected chi connectivity index (χ1v) is 8.50. The molecule has 0 N–H and O–H groups in total. The molecule has 2 unspecified atom stereocenters. The molecule has 2 atom stereocenters. The topological polar surface area (TPSA) is 3.88 Å². The lowest BCUT2D eigenvalue weighted by atomic mass is 9.51. The second kappa shape index (κ2) is 3.56. The van der Waals surface area contributed by atoms with E-state index in [0.717, 1.165) is 0 Å². The van der Waals surface area contributed by atoms with Crippen molar-refractivity contribution in [1.29, 1.82) is 0 Å². The van der Waals surface area contributed by atoms with Crippen LogP contribution in [0.1, 0.15) is 32.3 Å². The smallest absolute Gasteiger partial charge is 0.192 e. The summed E-state index contributed by atoms with van der Waals surface area (Å²) >= 11 is 1.96. The summed E-state index contributed by atoms with van der Waals surface area (Å²) in [6.07, 6.45) is 4.84. The maximum absolute atomic E-state index is 2.54. The molecule has 0 bridgehead atoms. The molecule has 1 fully saturated rings. The maximum atomic E-state index is 2.54. The number of hydrogen-bond acceptors (Lipinski definition) is 1. The third-order valence-electron chi connectivity index (χ3n) is 6.07. The van der Waals surface area contributed by atoms with E-state index in [1.807, 2.05) is 11.3 Å². The van der Waals surface area contributed by atoms with Crippen LogP contribution < -0.4 is 4.57 Å². The summed E-state index contributed by atoms with van der Waals surface area (Å²) in [5.41, 5.74) is 3.48. The van der Waals surface area contributed by atoms with Crippen LogP contribution in [-0.4, -0.2) is 0 Å². The molecule has 0 spiro atoms. The molecule has 104 valence electrons. The van der Waals surface area contributed by atoms with Gasteiger partial charge in [-0.3, -0.25) is 0 Å². The van der Waals surface area contributed by atoms with Crippen molar-refractivity contribution < 1.29 is 4.57 Å². The largest absolute Gasteiger partial charge is 0.223 e. The summed E-state index contributed by atoms with van der Waals surface area (Å²) in [6.45, 7) is 4.91. The summed E-state index contributed by atoms with van der Waals surface area (Å²) in [4.78, 5) is 1.48. The predicted molar refractivity (Wildman–Crippen MR) is 87.7 cm³/mol. The van der Waals surface area contributed by atoms with E-state index in [4.69, 9.17) is 0 Å². The molecule has 0 amide bonds. The molecule has 0 saturated heterocycles. The van der Waals surface area contributed by atoms with Crippen LogP contribution in [0.3, 0.4) is 0 Å². The highest BCUT2D eigenvalue weighted by Crippen LogP contribution is 2.61. The van der Waals surface area contributed by atoms with Gasteiger partial charge in [-0.25, -0.2) is 0 Å². The second-order valence-electron chi connectivity index (χ2n) is 6.86. The van der Waals surface area contributed by atoms with Crippen LogP contribution in [0.5, 0.6) is 0 Å². The summed E-state index contributed by atoms with van der Waals surface area (Å²) in [5, 5.41) is 1.47. The quantitative estimate of drug-likeness (QED) is 0.532. The van der Waals surface area contributed by atoms with Crippen molar-refractivity contribution in [3.63, 3.8) is 0 Å². The molecule has 1 aromatic carbocycles. The SMILES string of the molecule is CC12CCC1(C)[n+]1ccccc1-c1sc3ccccc3c12. The Labute approximate surface area is 128 Å². The lowest BCUT2D eigenvalue weighted by Gasteiger charge is -2.54. The first-order chi connectivity index (χ1) is 10.2. The fourth-order valence-electron chi connectivity index (χ4n) is 4.47. The van der Waals surface area contributed by atoms with Crippen LogP contribution in [0, 0.1) is 0 Å². The average molecular weight is 292 g/mol. The first kappa shape index (κ1) is 11.9. The van der Waals surface area contributed by atoms with Gasteiger partial charge in [-0.15, -0.1) is 11.3 Å². The van der Waals surface area contributed by atoms with E-state index < -0.39 is 0 Å². The van der Waals surface area contributed by atoms with Gasteiger partial charge in [-0.2, -0.15) is 4.57 Å². The number of rotatable bonds is 0. The normalized spacial score (nSPS) is 29.4. The standard InChI is InChI=1S/C19H18NS/c1-18-10-11-19(18,2)20-12-6-5-8-14(20)17-16(18)13-7-3-4-9-15(13)21-17/h3-9,12H,10-11H2,1-2H3/q+1. The Balaban J connectivity index is 1.99. The van der Waals surface area contributed by atoms with E-state index >= 15 is 0 Å². The van der Waals surface area contributed by atoms with Crippen molar-refractivity contribution in [3.05, 3.63) is 54.2 Å². The van der Waals surface area contributed by atoms with Gasteiger partial charge in [0.05, 0.1) is 5.41 Å². The van der Waals surface area contributed by atoms with Crippen molar-refractivity contribution in [2.45, 2.75) is 37.6 Å².